The number of aromatic hydroxyl groups is 1. The van der Waals surface area contributed by atoms with Crippen LogP contribution in [0.25, 0.3) is 0 Å². The molecule has 0 unspecified atom stereocenters. The number of hydrogen-bond donors (Lipinski definition) is 1. The van der Waals surface area contributed by atoms with Crippen molar-refractivity contribution in [3.8, 4) is 5.75 Å². The standard InChI is InChI=1S/C8H8F2O/c1-5-3-2-4-6(7(5)11)8(9)10/h2-4,8,11H,1H3. The third-order valence-electron chi connectivity index (χ3n) is 1.50. The van der Waals surface area contributed by atoms with E-state index in [-0.39, 0.29) is 11.3 Å². The van der Waals surface area contributed by atoms with Gasteiger partial charge < -0.3 is 5.11 Å². The van der Waals surface area contributed by atoms with Crippen LogP contribution in [-0.4, -0.2) is 5.11 Å². The molecule has 0 radical (unpaired) electrons. The summed E-state index contributed by atoms with van der Waals surface area (Å²) in [5, 5.41) is 9.09. The minimum absolute atomic E-state index is 0.301. The van der Waals surface area contributed by atoms with E-state index in [2.05, 4.69) is 0 Å². The summed E-state index contributed by atoms with van der Waals surface area (Å²) in [6.07, 6.45) is -2.60. The Morgan fingerprint density at radius 1 is 1.36 bits per heavy atom. The largest absolute Gasteiger partial charge is 0.507 e. The summed E-state index contributed by atoms with van der Waals surface area (Å²) >= 11 is 0. The summed E-state index contributed by atoms with van der Waals surface area (Å²) in [6.45, 7) is 1.58. The summed E-state index contributed by atoms with van der Waals surface area (Å²) in [5.41, 5.74) is 0.174. The van der Waals surface area contributed by atoms with Crippen LogP contribution in [0.5, 0.6) is 5.75 Å². The van der Waals surface area contributed by atoms with Crippen molar-refractivity contribution >= 4 is 0 Å². The molecule has 0 atom stereocenters. The van der Waals surface area contributed by atoms with Gasteiger partial charge in [-0.3, -0.25) is 0 Å². The lowest BCUT2D eigenvalue weighted by molar-refractivity contribution is 0.147. The van der Waals surface area contributed by atoms with Crippen LogP contribution < -0.4 is 0 Å². The summed E-state index contributed by atoms with van der Waals surface area (Å²) < 4.78 is 24.1. The monoisotopic (exact) mass is 158 g/mol. The van der Waals surface area contributed by atoms with Crippen LogP contribution in [0, 0.1) is 6.92 Å². The van der Waals surface area contributed by atoms with Gasteiger partial charge in [-0.05, 0) is 18.6 Å². The highest BCUT2D eigenvalue weighted by molar-refractivity contribution is 5.39. The molecule has 0 fully saturated rings. The van der Waals surface area contributed by atoms with Gasteiger partial charge in [-0.25, -0.2) is 8.78 Å². The predicted molar refractivity (Wildman–Crippen MR) is 37.8 cm³/mol. The molecule has 1 nitrogen and oxygen atoms in total. The molecule has 1 aromatic rings. The Balaban J connectivity index is 3.17. The third kappa shape index (κ3) is 1.48. The molecule has 0 amide bonds. The number of alkyl halides is 2. The lowest BCUT2D eigenvalue weighted by atomic mass is 10.1. The van der Waals surface area contributed by atoms with E-state index in [9.17, 15) is 8.78 Å². The Bertz CT molecular complexity index is 258. The van der Waals surface area contributed by atoms with Gasteiger partial charge in [0.25, 0.3) is 6.43 Å². The SMILES string of the molecule is Cc1cccc(C(F)F)c1O. The fourth-order valence-electron chi connectivity index (χ4n) is 0.858. The van der Waals surface area contributed by atoms with E-state index in [4.69, 9.17) is 5.11 Å². The smallest absolute Gasteiger partial charge is 0.267 e. The molecule has 60 valence electrons. The first-order chi connectivity index (χ1) is 5.13. The first-order valence-corrected chi connectivity index (χ1v) is 3.19. The van der Waals surface area contributed by atoms with Crippen molar-refractivity contribution in [3.05, 3.63) is 29.3 Å². The second-order valence-electron chi connectivity index (χ2n) is 2.31. The van der Waals surface area contributed by atoms with Crippen molar-refractivity contribution in [1.82, 2.24) is 0 Å². The molecule has 3 heteroatoms. The van der Waals surface area contributed by atoms with Gasteiger partial charge in [-0.2, -0.15) is 0 Å². The summed E-state index contributed by atoms with van der Waals surface area (Å²) in [6, 6.07) is 4.30. The summed E-state index contributed by atoms with van der Waals surface area (Å²) in [7, 11) is 0. The van der Waals surface area contributed by atoms with Crippen molar-refractivity contribution in [2.75, 3.05) is 0 Å². The lowest BCUT2D eigenvalue weighted by Gasteiger charge is -2.04. The highest BCUT2D eigenvalue weighted by Gasteiger charge is 2.12. The van der Waals surface area contributed by atoms with Gasteiger partial charge in [0.1, 0.15) is 5.75 Å². The quantitative estimate of drug-likeness (QED) is 0.666. The van der Waals surface area contributed by atoms with Crippen LogP contribution in [0.2, 0.25) is 0 Å². The molecule has 0 spiro atoms. The van der Waals surface area contributed by atoms with E-state index in [1.165, 1.54) is 12.1 Å². The molecule has 1 rings (SSSR count). The van der Waals surface area contributed by atoms with Gasteiger partial charge in [-0.15, -0.1) is 0 Å². The molecule has 0 bridgehead atoms. The molecule has 0 aliphatic heterocycles. The number of hydrogen-bond acceptors (Lipinski definition) is 1. The van der Waals surface area contributed by atoms with Crippen molar-refractivity contribution < 1.29 is 13.9 Å². The van der Waals surface area contributed by atoms with E-state index < -0.39 is 6.43 Å². The van der Waals surface area contributed by atoms with Gasteiger partial charge in [0.2, 0.25) is 0 Å². The maximum atomic E-state index is 12.0. The number of para-hydroxylation sites is 1. The van der Waals surface area contributed by atoms with E-state index in [1.54, 1.807) is 13.0 Å². The molecule has 0 aliphatic carbocycles. The zero-order valence-corrected chi connectivity index (χ0v) is 6.01. The highest BCUT2D eigenvalue weighted by atomic mass is 19.3. The highest BCUT2D eigenvalue weighted by Crippen LogP contribution is 2.29. The number of rotatable bonds is 1. The summed E-state index contributed by atoms with van der Waals surface area (Å²) in [5.74, 6) is -0.303. The normalized spacial score (nSPS) is 10.5. The van der Waals surface area contributed by atoms with Gasteiger partial charge in [0.05, 0.1) is 5.56 Å². The number of aryl methyl sites for hydroxylation is 1. The average molecular weight is 158 g/mol. The lowest BCUT2D eigenvalue weighted by Crippen LogP contribution is -1.86. The Kier molecular flexibility index (Phi) is 2.08. The van der Waals surface area contributed by atoms with Gasteiger partial charge >= 0.3 is 0 Å². The van der Waals surface area contributed by atoms with Crippen molar-refractivity contribution in [1.29, 1.82) is 0 Å². The molecule has 1 aromatic carbocycles. The number of benzene rings is 1. The zero-order chi connectivity index (χ0) is 8.43. The fourth-order valence-corrected chi connectivity index (χ4v) is 0.858. The zero-order valence-electron chi connectivity index (χ0n) is 6.01. The first-order valence-electron chi connectivity index (χ1n) is 3.19. The molecule has 0 saturated heterocycles. The van der Waals surface area contributed by atoms with Crippen molar-refractivity contribution in [2.24, 2.45) is 0 Å². The molecular weight excluding hydrogens is 150 g/mol. The topological polar surface area (TPSA) is 20.2 Å². The molecule has 0 aliphatic rings. The van der Waals surface area contributed by atoms with Crippen LogP contribution in [0.3, 0.4) is 0 Å². The van der Waals surface area contributed by atoms with Gasteiger partial charge in [0, 0.05) is 0 Å². The fraction of sp³-hybridized carbons (Fsp3) is 0.250. The Labute approximate surface area is 63.3 Å². The van der Waals surface area contributed by atoms with E-state index >= 15 is 0 Å². The van der Waals surface area contributed by atoms with Crippen molar-refractivity contribution in [2.45, 2.75) is 13.3 Å². The Hall–Kier alpha value is -1.12. The molecule has 11 heavy (non-hydrogen) atoms. The number of phenols is 1. The van der Waals surface area contributed by atoms with Crippen LogP contribution in [-0.2, 0) is 0 Å². The minimum atomic E-state index is -2.60. The predicted octanol–water partition coefficient (Wildman–Crippen LogP) is 2.64. The van der Waals surface area contributed by atoms with Crippen LogP contribution in [0.1, 0.15) is 17.6 Å². The molecule has 0 aromatic heterocycles. The van der Waals surface area contributed by atoms with Crippen LogP contribution in [0.4, 0.5) is 8.78 Å². The molecular formula is C8H8F2O. The van der Waals surface area contributed by atoms with Gasteiger partial charge in [0.15, 0.2) is 0 Å². The molecule has 0 heterocycles. The first kappa shape index (κ1) is 7.98. The maximum absolute atomic E-state index is 12.0. The van der Waals surface area contributed by atoms with E-state index in [0.29, 0.717) is 5.56 Å². The third-order valence-corrected chi connectivity index (χ3v) is 1.50. The molecule has 0 saturated carbocycles. The van der Waals surface area contributed by atoms with Crippen molar-refractivity contribution in [3.63, 3.8) is 0 Å². The van der Waals surface area contributed by atoms with Crippen LogP contribution in [0.15, 0.2) is 18.2 Å². The van der Waals surface area contributed by atoms with Gasteiger partial charge in [-0.1, -0.05) is 12.1 Å². The van der Waals surface area contributed by atoms with E-state index in [0.717, 1.165) is 0 Å². The Morgan fingerprint density at radius 3 is 2.45 bits per heavy atom. The second kappa shape index (κ2) is 2.86. The average Bonchev–Trinajstić information content (AvgIpc) is 1.94. The number of phenolic OH excluding ortho intramolecular Hbond substituents is 1. The summed E-state index contributed by atoms with van der Waals surface area (Å²) in [4.78, 5) is 0. The maximum Gasteiger partial charge on any atom is 0.267 e. The van der Waals surface area contributed by atoms with Crippen LogP contribution >= 0.6 is 0 Å². The number of halogens is 2. The minimum Gasteiger partial charge on any atom is -0.507 e. The second-order valence-corrected chi connectivity index (χ2v) is 2.31. The molecule has 1 N–H and O–H groups in total. The van der Waals surface area contributed by atoms with E-state index in [1.807, 2.05) is 0 Å². The Morgan fingerprint density at radius 2 is 2.00 bits per heavy atom.